The largest absolute Gasteiger partial charge is 0.480 e. The van der Waals surface area contributed by atoms with E-state index in [1.165, 1.54) is 0 Å². The standard InChI is InChI=1S/C10H13NO2/c1-7-3-2-4-8(5-7)6-9(11)10(12)13/h2-5,9H,6,11H2,1H3,(H,12,13)/t9-/m1/s1. The Morgan fingerprint density at radius 3 is 2.85 bits per heavy atom. The smallest absolute Gasteiger partial charge is 0.320 e. The van der Waals surface area contributed by atoms with Gasteiger partial charge >= 0.3 is 5.97 Å². The summed E-state index contributed by atoms with van der Waals surface area (Å²) >= 11 is 0. The maximum atomic E-state index is 10.5. The lowest BCUT2D eigenvalue weighted by atomic mass is 10.0. The summed E-state index contributed by atoms with van der Waals surface area (Å²) in [5, 5.41) is 8.59. The number of aliphatic carboxylic acids is 1. The van der Waals surface area contributed by atoms with Gasteiger partial charge < -0.3 is 10.8 Å². The van der Waals surface area contributed by atoms with Crippen LogP contribution in [-0.4, -0.2) is 17.1 Å². The van der Waals surface area contributed by atoms with Crippen LogP contribution >= 0.6 is 0 Å². The van der Waals surface area contributed by atoms with Crippen LogP contribution in [0.5, 0.6) is 0 Å². The summed E-state index contributed by atoms with van der Waals surface area (Å²) in [5.41, 5.74) is 7.49. The first kappa shape index (κ1) is 9.74. The lowest BCUT2D eigenvalue weighted by Crippen LogP contribution is -2.32. The molecule has 0 saturated carbocycles. The van der Waals surface area contributed by atoms with E-state index in [1.807, 2.05) is 31.2 Å². The summed E-state index contributed by atoms with van der Waals surface area (Å²) in [4.78, 5) is 10.5. The van der Waals surface area contributed by atoms with E-state index in [0.29, 0.717) is 6.42 Å². The molecule has 3 heteroatoms. The number of aryl methyl sites for hydroxylation is 1. The van der Waals surface area contributed by atoms with E-state index in [-0.39, 0.29) is 0 Å². The van der Waals surface area contributed by atoms with Crippen molar-refractivity contribution in [1.29, 1.82) is 0 Å². The second kappa shape index (κ2) is 4.05. The Balaban J connectivity index is 2.69. The molecule has 70 valence electrons. The van der Waals surface area contributed by atoms with E-state index in [9.17, 15) is 4.79 Å². The minimum absolute atomic E-state index is 0.386. The number of carboxylic acids is 1. The third-order valence-corrected chi connectivity index (χ3v) is 1.86. The van der Waals surface area contributed by atoms with Crippen LogP contribution < -0.4 is 5.73 Å². The maximum absolute atomic E-state index is 10.5. The predicted octanol–water partition coefficient (Wildman–Crippen LogP) is 0.949. The quantitative estimate of drug-likeness (QED) is 0.726. The maximum Gasteiger partial charge on any atom is 0.320 e. The van der Waals surface area contributed by atoms with Crippen molar-refractivity contribution in [2.24, 2.45) is 5.73 Å². The lowest BCUT2D eigenvalue weighted by molar-refractivity contribution is -0.138. The molecule has 0 fully saturated rings. The molecule has 0 aliphatic rings. The number of benzene rings is 1. The minimum atomic E-state index is -0.957. The van der Waals surface area contributed by atoms with Crippen molar-refractivity contribution in [3.63, 3.8) is 0 Å². The zero-order valence-corrected chi connectivity index (χ0v) is 7.53. The van der Waals surface area contributed by atoms with Crippen molar-refractivity contribution in [3.8, 4) is 0 Å². The van der Waals surface area contributed by atoms with Crippen LogP contribution in [0.1, 0.15) is 11.1 Å². The van der Waals surface area contributed by atoms with E-state index in [1.54, 1.807) is 0 Å². The van der Waals surface area contributed by atoms with Crippen molar-refractivity contribution in [1.82, 2.24) is 0 Å². The van der Waals surface area contributed by atoms with Gasteiger partial charge in [0, 0.05) is 0 Å². The highest BCUT2D eigenvalue weighted by atomic mass is 16.4. The molecular formula is C10H13NO2. The zero-order valence-electron chi connectivity index (χ0n) is 7.53. The number of hydrogen-bond acceptors (Lipinski definition) is 2. The van der Waals surface area contributed by atoms with Gasteiger partial charge in [0.2, 0.25) is 0 Å². The van der Waals surface area contributed by atoms with Crippen LogP contribution in [-0.2, 0) is 11.2 Å². The highest BCUT2D eigenvalue weighted by Crippen LogP contribution is 2.05. The molecular weight excluding hydrogens is 166 g/mol. The second-order valence-electron chi connectivity index (χ2n) is 3.14. The molecule has 3 nitrogen and oxygen atoms in total. The van der Waals surface area contributed by atoms with Crippen LogP contribution in [0.4, 0.5) is 0 Å². The van der Waals surface area contributed by atoms with Gasteiger partial charge in [-0.1, -0.05) is 29.8 Å². The van der Waals surface area contributed by atoms with Gasteiger partial charge in [0.15, 0.2) is 0 Å². The van der Waals surface area contributed by atoms with Gasteiger partial charge in [0.1, 0.15) is 6.04 Å². The van der Waals surface area contributed by atoms with E-state index in [4.69, 9.17) is 10.8 Å². The number of carbonyl (C=O) groups is 1. The Morgan fingerprint density at radius 1 is 1.62 bits per heavy atom. The van der Waals surface area contributed by atoms with Crippen LogP contribution in [0.3, 0.4) is 0 Å². The fourth-order valence-corrected chi connectivity index (χ4v) is 1.18. The molecule has 0 heterocycles. The lowest BCUT2D eigenvalue weighted by Gasteiger charge is -2.06. The highest BCUT2D eigenvalue weighted by Gasteiger charge is 2.11. The van der Waals surface area contributed by atoms with Crippen molar-refractivity contribution in [3.05, 3.63) is 35.4 Å². The summed E-state index contributed by atoms with van der Waals surface area (Å²) < 4.78 is 0. The molecule has 1 aromatic rings. The van der Waals surface area contributed by atoms with Gasteiger partial charge in [-0.05, 0) is 18.9 Å². The molecule has 0 amide bonds. The van der Waals surface area contributed by atoms with Gasteiger partial charge in [0.05, 0.1) is 0 Å². The molecule has 0 spiro atoms. The van der Waals surface area contributed by atoms with E-state index in [0.717, 1.165) is 11.1 Å². The number of carboxylic acid groups (broad SMARTS) is 1. The number of hydrogen-bond donors (Lipinski definition) is 2. The molecule has 0 aliphatic heterocycles. The summed E-state index contributed by atoms with van der Waals surface area (Å²) in [6.07, 6.45) is 0.386. The summed E-state index contributed by atoms with van der Waals surface area (Å²) in [6, 6.07) is 6.90. The fraction of sp³-hybridized carbons (Fsp3) is 0.300. The monoisotopic (exact) mass is 179 g/mol. The Kier molecular flexibility index (Phi) is 3.03. The molecule has 1 rings (SSSR count). The van der Waals surface area contributed by atoms with Gasteiger partial charge in [-0.2, -0.15) is 0 Å². The van der Waals surface area contributed by atoms with E-state index in [2.05, 4.69) is 0 Å². The zero-order chi connectivity index (χ0) is 9.84. The fourth-order valence-electron chi connectivity index (χ4n) is 1.18. The summed E-state index contributed by atoms with van der Waals surface area (Å²) in [5.74, 6) is -0.957. The van der Waals surface area contributed by atoms with Crippen LogP contribution in [0.25, 0.3) is 0 Å². The van der Waals surface area contributed by atoms with Gasteiger partial charge in [0.25, 0.3) is 0 Å². The molecule has 1 aromatic carbocycles. The molecule has 0 saturated heterocycles. The van der Waals surface area contributed by atoms with E-state index < -0.39 is 12.0 Å². The third-order valence-electron chi connectivity index (χ3n) is 1.86. The number of rotatable bonds is 3. The van der Waals surface area contributed by atoms with Crippen LogP contribution in [0.15, 0.2) is 24.3 Å². The third kappa shape index (κ3) is 2.87. The average Bonchev–Trinajstić information content (AvgIpc) is 2.04. The molecule has 3 N–H and O–H groups in total. The topological polar surface area (TPSA) is 63.3 Å². The van der Waals surface area contributed by atoms with Crippen molar-refractivity contribution in [2.45, 2.75) is 19.4 Å². The highest BCUT2D eigenvalue weighted by molar-refractivity contribution is 5.73. The molecule has 0 radical (unpaired) electrons. The Labute approximate surface area is 77.2 Å². The molecule has 0 aromatic heterocycles. The van der Waals surface area contributed by atoms with Crippen molar-refractivity contribution < 1.29 is 9.90 Å². The molecule has 0 unspecified atom stereocenters. The first-order chi connectivity index (χ1) is 6.09. The first-order valence-electron chi connectivity index (χ1n) is 4.13. The van der Waals surface area contributed by atoms with Crippen LogP contribution in [0, 0.1) is 6.92 Å². The number of nitrogens with two attached hydrogens (primary N) is 1. The summed E-state index contributed by atoms with van der Waals surface area (Å²) in [6.45, 7) is 1.97. The van der Waals surface area contributed by atoms with Crippen molar-refractivity contribution >= 4 is 5.97 Å². The average molecular weight is 179 g/mol. The van der Waals surface area contributed by atoms with E-state index >= 15 is 0 Å². The Morgan fingerprint density at radius 2 is 2.31 bits per heavy atom. The van der Waals surface area contributed by atoms with Gasteiger partial charge in [-0.3, -0.25) is 4.79 Å². The summed E-state index contributed by atoms with van der Waals surface area (Å²) in [7, 11) is 0. The normalized spacial score (nSPS) is 12.5. The Hall–Kier alpha value is -1.35. The molecule has 0 aliphatic carbocycles. The van der Waals surface area contributed by atoms with Crippen molar-refractivity contribution in [2.75, 3.05) is 0 Å². The molecule has 13 heavy (non-hydrogen) atoms. The predicted molar refractivity (Wildman–Crippen MR) is 50.5 cm³/mol. The molecule has 1 atom stereocenters. The molecule has 0 bridgehead atoms. The van der Waals surface area contributed by atoms with Gasteiger partial charge in [-0.25, -0.2) is 0 Å². The SMILES string of the molecule is Cc1cccc(C[C@@H](N)C(=O)O)c1. The Bertz CT molecular complexity index is 310. The van der Waals surface area contributed by atoms with Crippen LogP contribution in [0.2, 0.25) is 0 Å². The minimum Gasteiger partial charge on any atom is -0.480 e. The first-order valence-corrected chi connectivity index (χ1v) is 4.13. The second-order valence-corrected chi connectivity index (χ2v) is 3.14. The van der Waals surface area contributed by atoms with Gasteiger partial charge in [-0.15, -0.1) is 0 Å².